The molecule has 4 rings (SSSR count). The summed E-state index contributed by atoms with van der Waals surface area (Å²) >= 11 is 7.73. The van der Waals surface area contributed by atoms with Crippen molar-refractivity contribution >= 4 is 40.1 Å². The fraction of sp³-hybridized carbons (Fsp3) is 0.292. The van der Waals surface area contributed by atoms with Gasteiger partial charge in [0.25, 0.3) is 0 Å². The van der Waals surface area contributed by atoms with Gasteiger partial charge in [0, 0.05) is 17.1 Å². The van der Waals surface area contributed by atoms with Gasteiger partial charge in [-0.1, -0.05) is 53.8 Å². The van der Waals surface area contributed by atoms with Crippen LogP contribution in [0.25, 0.3) is 16.6 Å². The summed E-state index contributed by atoms with van der Waals surface area (Å²) in [7, 11) is 0. The highest BCUT2D eigenvalue weighted by Crippen LogP contribution is 2.35. The lowest BCUT2D eigenvalue weighted by molar-refractivity contribution is -0.118. The first-order valence-corrected chi connectivity index (χ1v) is 11.3. The number of amides is 1. The molecule has 4 nitrogen and oxygen atoms in total. The van der Waals surface area contributed by atoms with Gasteiger partial charge in [0.1, 0.15) is 5.01 Å². The van der Waals surface area contributed by atoms with E-state index in [1.807, 2.05) is 30.3 Å². The van der Waals surface area contributed by atoms with E-state index in [0.29, 0.717) is 22.6 Å². The second kappa shape index (κ2) is 8.70. The summed E-state index contributed by atoms with van der Waals surface area (Å²) in [6, 6.07) is 11.7. The van der Waals surface area contributed by atoms with Gasteiger partial charge in [0.05, 0.1) is 6.42 Å². The van der Waals surface area contributed by atoms with Crippen LogP contribution in [-0.4, -0.2) is 22.6 Å². The summed E-state index contributed by atoms with van der Waals surface area (Å²) in [6.45, 7) is 8.73. The predicted molar refractivity (Wildman–Crippen MR) is 125 cm³/mol. The molecule has 0 radical (unpaired) electrons. The second-order valence-electron chi connectivity index (χ2n) is 7.83. The molecular weight excluding hydrogens is 414 g/mol. The summed E-state index contributed by atoms with van der Waals surface area (Å²) < 4.78 is 0. The number of anilines is 1. The van der Waals surface area contributed by atoms with Crippen molar-refractivity contribution in [2.75, 3.05) is 11.4 Å². The topological polar surface area (TPSA) is 46.1 Å². The number of benzene rings is 2. The Morgan fingerprint density at radius 1 is 1.23 bits per heavy atom. The molecule has 0 bridgehead atoms. The quantitative estimate of drug-likeness (QED) is 0.448. The van der Waals surface area contributed by atoms with Gasteiger partial charge in [-0.15, -0.1) is 10.2 Å². The third-order valence-corrected chi connectivity index (χ3v) is 6.79. The molecule has 0 aliphatic heterocycles. The highest BCUT2D eigenvalue weighted by molar-refractivity contribution is 7.18. The summed E-state index contributed by atoms with van der Waals surface area (Å²) in [5.74, 6) is 0.552. The Hall–Kier alpha value is -2.50. The second-order valence-corrected chi connectivity index (χ2v) is 9.20. The third-order valence-electron chi connectivity index (χ3n) is 5.43. The molecule has 1 aliphatic rings. The van der Waals surface area contributed by atoms with Crippen molar-refractivity contribution in [3.05, 3.63) is 70.3 Å². The van der Waals surface area contributed by atoms with Crippen LogP contribution < -0.4 is 4.90 Å². The van der Waals surface area contributed by atoms with Crippen LogP contribution in [0.3, 0.4) is 0 Å². The zero-order valence-electron chi connectivity index (χ0n) is 17.2. The average molecular weight is 438 g/mol. The van der Waals surface area contributed by atoms with E-state index in [1.54, 1.807) is 4.90 Å². The van der Waals surface area contributed by atoms with Crippen molar-refractivity contribution < 1.29 is 4.79 Å². The largest absolute Gasteiger partial charge is 0.286 e. The van der Waals surface area contributed by atoms with Crippen LogP contribution in [0.2, 0.25) is 5.02 Å². The lowest BCUT2D eigenvalue weighted by Crippen LogP contribution is -2.34. The number of carbonyl (C=O) groups is 1. The minimum Gasteiger partial charge on any atom is -0.286 e. The summed E-state index contributed by atoms with van der Waals surface area (Å²) in [6.07, 6.45) is 4.45. The number of carbonyl (C=O) groups excluding carboxylic acids is 1. The number of aryl methyl sites for hydroxylation is 2. The van der Waals surface area contributed by atoms with Crippen molar-refractivity contribution in [2.45, 2.75) is 33.1 Å². The molecular formula is C24H24ClN3OS. The minimum absolute atomic E-state index is 0.00654. The first-order chi connectivity index (χ1) is 14.5. The van der Waals surface area contributed by atoms with E-state index < -0.39 is 0 Å². The van der Waals surface area contributed by atoms with Crippen molar-refractivity contribution in [3.63, 3.8) is 0 Å². The molecule has 1 amide bonds. The van der Waals surface area contributed by atoms with Crippen molar-refractivity contribution in [2.24, 2.45) is 5.92 Å². The lowest BCUT2D eigenvalue weighted by Gasteiger charge is -2.19. The van der Waals surface area contributed by atoms with Gasteiger partial charge < -0.3 is 0 Å². The maximum Gasteiger partial charge on any atom is 0.233 e. The van der Waals surface area contributed by atoms with E-state index >= 15 is 0 Å². The molecule has 1 fully saturated rings. The number of aromatic nitrogens is 2. The zero-order valence-corrected chi connectivity index (χ0v) is 18.8. The number of hydrogen-bond donors (Lipinski definition) is 0. The predicted octanol–water partition coefficient (Wildman–Crippen LogP) is 6.10. The van der Waals surface area contributed by atoms with Crippen LogP contribution in [0.5, 0.6) is 0 Å². The van der Waals surface area contributed by atoms with E-state index in [1.165, 1.54) is 11.3 Å². The maximum absolute atomic E-state index is 13.2. The molecule has 6 heteroatoms. The number of rotatable bonds is 7. The van der Waals surface area contributed by atoms with Crippen molar-refractivity contribution in [1.82, 2.24) is 10.2 Å². The smallest absolute Gasteiger partial charge is 0.233 e. The van der Waals surface area contributed by atoms with Crippen LogP contribution in [0, 0.1) is 19.8 Å². The molecule has 1 aromatic heterocycles. The molecule has 0 saturated heterocycles. The first-order valence-electron chi connectivity index (χ1n) is 10.1. The molecule has 1 aliphatic carbocycles. The molecule has 0 spiro atoms. The van der Waals surface area contributed by atoms with E-state index in [9.17, 15) is 4.79 Å². The Balaban J connectivity index is 1.61. The highest BCUT2D eigenvalue weighted by Gasteiger charge is 2.30. The molecule has 1 heterocycles. The Labute approximate surface area is 186 Å². The van der Waals surface area contributed by atoms with Crippen LogP contribution in [0.1, 0.15) is 35.1 Å². The Kier molecular flexibility index (Phi) is 6.02. The van der Waals surface area contributed by atoms with Gasteiger partial charge in [0.15, 0.2) is 0 Å². The minimum atomic E-state index is 0.00654. The normalized spacial score (nSPS) is 13.3. The standard InChI is InChI=1S/C24H24ClN3OS/c1-4-20-15(2)11-19(12-16(20)3)23-26-27-24(30-23)28(14-17-9-10-17)22(29)13-18-7-5-6-8-21(18)25/h4-8,11-12,17H,1,9-10,13-14H2,2-3H3. The number of hydrogen-bond acceptors (Lipinski definition) is 4. The van der Waals surface area contributed by atoms with Crippen LogP contribution in [0.15, 0.2) is 43.0 Å². The molecule has 154 valence electrons. The van der Waals surface area contributed by atoms with Crippen molar-refractivity contribution in [3.8, 4) is 10.6 Å². The molecule has 1 saturated carbocycles. The van der Waals surface area contributed by atoms with E-state index in [2.05, 4.69) is 42.8 Å². The fourth-order valence-corrected chi connectivity index (χ4v) is 4.67. The van der Waals surface area contributed by atoms with Gasteiger partial charge in [0.2, 0.25) is 11.0 Å². The third kappa shape index (κ3) is 4.47. The van der Waals surface area contributed by atoms with E-state index in [0.717, 1.165) is 45.7 Å². The van der Waals surface area contributed by atoms with Crippen LogP contribution >= 0.6 is 22.9 Å². The Bertz CT molecular complexity index is 1080. The highest BCUT2D eigenvalue weighted by atomic mass is 35.5. The number of halogens is 1. The first kappa shape index (κ1) is 20.8. The van der Waals surface area contributed by atoms with Gasteiger partial charge >= 0.3 is 0 Å². The Morgan fingerprint density at radius 2 is 1.93 bits per heavy atom. The lowest BCUT2D eigenvalue weighted by atomic mass is 10.00. The molecule has 3 aromatic rings. The Morgan fingerprint density at radius 3 is 2.57 bits per heavy atom. The monoisotopic (exact) mass is 437 g/mol. The number of nitrogens with zero attached hydrogens (tertiary/aromatic N) is 3. The summed E-state index contributed by atoms with van der Waals surface area (Å²) in [4.78, 5) is 15.0. The van der Waals surface area contributed by atoms with E-state index in [4.69, 9.17) is 11.6 Å². The molecule has 0 unspecified atom stereocenters. The van der Waals surface area contributed by atoms with Gasteiger partial charge in [-0.25, -0.2) is 0 Å². The SMILES string of the molecule is C=Cc1c(C)cc(-c2nnc(N(CC3CC3)C(=O)Cc3ccccc3Cl)s2)cc1C. The zero-order chi connectivity index (χ0) is 21.3. The molecule has 0 N–H and O–H groups in total. The van der Waals surface area contributed by atoms with Crippen molar-refractivity contribution in [1.29, 1.82) is 0 Å². The maximum atomic E-state index is 13.2. The summed E-state index contributed by atoms with van der Waals surface area (Å²) in [5.41, 5.74) is 5.31. The van der Waals surface area contributed by atoms with Crippen LogP contribution in [-0.2, 0) is 11.2 Å². The van der Waals surface area contributed by atoms with Gasteiger partial charge in [-0.3, -0.25) is 9.69 Å². The van der Waals surface area contributed by atoms with Crippen LogP contribution in [0.4, 0.5) is 5.13 Å². The average Bonchev–Trinajstić information content (AvgIpc) is 3.41. The fourth-order valence-electron chi connectivity index (χ4n) is 3.61. The van der Waals surface area contributed by atoms with Gasteiger partial charge in [-0.05, 0) is 73.1 Å². The molecule has 30 heavy (non-hydrogen) atoms. The van der Waals surface area contributed by atoms with E-state index in [-0.39, 0.29) is 12.3 Å². The molecule has 2 aromatic carbocycles. The summed E-state index contributed by atoms with van der Waals surface area (Å²) in [5, 5.41) is 10.9. The van der Waals surface area contributed by atoms with Gasteiger partial charge in [-0.2, -0.15) is 0 Å². The molecule has 0 atom stereocenters.